The summed E-state index contributed by atoms with van der Waals surface area (Å²) < 4.78 is 53.1. The molecule has 2 fully saturated rings. The van der Waals surface area contributed by atoms with Crippen LogP contribution in [0.25, 0.3) is 5.57 Å². The molecule has 1 unspecified atom stereocenters. The van der Waals surface area contributed by atoms with Gasteiger partial charge in [-0.25, -0.2) is 4.39 Å². The summed E-state index contributed by atoms with van der Waals surface area (Å²) in [5.74, 6) is -4.50. The first-order valence-electron chi connectivity index (χ1n) is 12.9. The number of carbonyl (C=O) groups is 2. The van der Waals surface area contributed by atoms with Gasteiger partial charge in [0.15, 0.2) is 11.6 Å². The molecule has 1 aromatic rings. The smallest absolute Gasteiger partial charge is 0.324 e. The molecule has 3 aliphatic rings. The molecule has 198 valence electrons. The molecular formula is C27H35F3N2O4. The zero-order chi connectivity index (χ0) is 25.7. The maximum atomic E-state index is 14.8. The standard InChI is InChI=1S/C27H35F3N2O4/c1-2-27(29,30)26(34)32-11-9-19(10-12-32)18-36-24-8-7-22(17-23(24)28)20-3-5-21(6-4-20)25(33)31-13-15-35-16-14-31/h3,7-8,17,19,21H,2,4-6,9-16,18H2,1H3. The average Bonchev–Trinajstić information content (AvgIpc) is 2.92. The molecule has 2 saturated heterocycles. The second-order valence-electron chi connectivity index (χ2n) is 9.89. The molecule has 6 nitrogen and oxygen atoms in total. The lowest BCUT2D eigenvalue weighted by Gasteiger charge is -2.33. The van der Waals surface area contributed by atoms with E-state index in [1.807, 2.05) is 17.0 Å². The van der Waals surface area contributed by atoms with Crippen LogP contribution in [0, 0.1) is 17.7 Å². The first-order chi connectivity index (χ1) is 17.3. The van der Waals surface area contributed by atoms with Crippen LogP contribution in [0.5, 0.6) is 5.75 Å². The molecule has 0 N–H and O–H groups in total. The van der Waals surface area contributed by atoms with Crippen molar-refractivity contribution >= 4 is 17.4 Å². The molecule has 0 aromatic heterocycles. The Hall–Kier alpha value is -2.55. The fourth-order valence-corrected chi connectivity index (χ4v) is 5.07. The highest BCUT2D eigenvalue weighted by molar-refractivity contribution is 5.83. The summed E-state index contributed by atoms with van der Waals surface area (Å²) in [4.78, 5) is 27.7. The number of amides is 2. The van der Waals surface area contributed by atoms with E-state index in [1.54, 1.807) is 6.07 Å². The van der Waals surface area contributed by atoms with Crippen LogP contribution in [0.3, 0.4) is 0 Å². The number of piperidine rings is 1. The number of allylic oxidation sites excluding steroid dienone is 2. The summed E-state index contributed by atoms with van der Waals surface area (Å²) in [5.41, 5.74) is 1.83. The summed E-state index contributed by atoms with van der Waals surface area (Å²) in [6.45, 7) is 4.55. The van der Waals surface area contributed by atoms with Crippen molar-refractivity contribution in [3.8, 4) is 5.75 Å². The molecule has 2 aliphatic heterocycles. The summed E-state index contributed by atoms with van der Waals surface area (Å²) in [5, 5.41) is 0. The van der Waals surface area contributed by atoms with Crippen molar-refractivity contribution in [1.82, 2.24) is 9.80 Å². The first-order valence-corrected chi connectivity index (χ1v) is 12.9. The molecule has 1 aromatic carbocycles. The van der Waals surface area contributed by atoms with E-state index in [9.17, 15) is 22.8 Å². The lowest BCUT2D eigenvalue weighted by molar-refractivity contribution is -0.159. The number of rotatable bonds is 7. The maximum Gasteiger partial charge on any atom is 0.324 e. The van der Waals surface area contributed by atoms with Gasteiger partial charge in [0.1, 0.15) is 0 Å². The lowest BCUT2D eigenvalue weighted by Crippen LogP contribution is -2.47. The normalized spacial score (nSPS) is 21.8. The summed E-state index contributed by atoms with van der Waals surface area (Å²) in [6.07, 6.45) is 4.73. The number of alkyl halides is 2. The Morgan fingerprint density at radius 1 is 1.08 bits per heavy atom. The Bertz CT molecular complexity index is 970. The fraction of sp³-hybridized carbons (Fsp3) is 0.630. The van der Waals surface area contributed by atoms with Crippen LogP contribution in [0.1, 0.15) is 51.0 Å². The Kier molecular flexibility index (Phi) is 8.59. The third-order valence-corrected chi connectivity index (χ3v) is 7.52. The first kappa shape index (κ1) is 26.5. The molecular weight excluding hydrogens is 473 g/mol. The van der Waals surface area contributed by atoms with Gasteiger partial charge in [0.2, 0.25) is 5.91 Å². The Morgan fingerprint density at radius 2 is 1.81 bits per heavy atom. The molecule has 36 heavy (non-hydrogen) atoms. The SMILES string of the molecule is CCC(F)(F)C(=O)N1CCC(COc2ccc(C3=CCC(C(=O)N4CCOCC4)CC3)cc2F)CC1. The third kappa shape index (κ3) is 6.22. The predicted molar refractivity (Wildman–Crippen MR) is 129 cm³/mol. The van der Waals surface area contributed by atoms with Crippen molar-refractivity contribution in [3.63, 3.8) is 0 Å². The van der Waals surface area contributed by atoms with Crippen molar-refractivity contribution < 1.29 is 32.2 Å². The van der Waals surface area contributed by atoms with Gasteiger partial charge in [-0.2, -0.15) is 8.78 Å². The largest absolute Gasteiger partial charge is 0.490 e. The van der Waals surface area contributed by atoms with Gasteiger partial charge in [0, 0.05) is 38.5 Å². The number of likely N-dealkylation sites (tertiary alicyclic amines) is 1. The molecule has 2 amide bonds. The fourth-order valence-electron chi connectivity index (χ4n) is 5.07. The van der Waals surface area contributed by atoms with Crippen LogP contribution in [0.4, 0.5) is 13.2 Å². The molecule has 1 aliphatic carbocycles. The highest BCUT2D eigenvalue weighted by Gasteiger charge is 2.41. The quantitative estimate of drug-likeness (QED) is 0.543. The van der Waals surface area contributed by atoms with Gasteiger partial charge in [-0.05, 0) is 61.3 Å². The minimum Gasteiger partial charge on any atom is -0.490 e. The summed E-state index contributed by atoms with van der Waals surface area (Å²) >= 11 is 0. The van der Waals surface area contributed by atoms with Crippen molar-refractivity contribution in [2.24, 2.45) is 11.8 Å². The molecule has 2 heterocycles. The van der Waals surface area contributed by atoms with Crippen molar-refractivity contribution in [3.05, 3.63) is 35.7 Å². The van der Waals surface area contributed by atoms with E-state index in [-0.39, 0.29) is 43.2 Å². The molecule has 0 spiro atoms. The highest BCUT2D eigenvalue weighted by Crippen LogP contribution is 2.33. The van der Waals surface area contributed by atoms with Crippen molar-refractivity contribution in [1.29, 1.82) is 0 Å². The van der Waals surface area contributed by atoms with E-state index in [1.165, 1.54) is 17.9 Å². The zero-order valence-electron chi connectivity index (χ0n) is 20.8. The van der Waals surface area contributed by atoms with Gasteiger partial charge < -0.3 is 19.3 Å². The van der Waals surface area contributed by atoms with E-state index in [4.69, 9.17) is 9.47 Å². The second-order valence-corrected chi connectivity index (χ2v) is 9.89. The van der Waals surface area contributed by atoms with Gasteiger partial charge in [0.25, 0.3) is 5.91 Å². The van der Waals surface area contributed by atoms with E-state index < -0.39 is 24.1 Å². The second kappa shape index (κ2) is 11.7. The lowest BCUT2D eigenvalue weighted by atomic mass is 9.85. The van der Waals surface area contributed by atoms with Crippen LogP contribution in [-0.2, 0) is 14.3 Å². The maximum absolute atomic E-state index is 14.8. The van der Waals surface area contributed by atoms with Crippen molar-refractivity contribution in [2.75, 3.05) is 46.0 Å². The molecule has 0 bridgehead atoms. The topological polar surface area (TPSA) is 59.1 Å². The number of carbonyl (C=O) groups excluding carboxylic acids is 2. The molecule has 0 saturated carbocycles. The Labute approximate surface area is 210 Å². The van der Waals surface area contributed by atoms with Gasteiger partial charge in [-0.3, -0.25) is 9.59 Å². The Morgan fingerprint density at radius 3 is 2.42 bits per heavy atom. The third-order valence-electron chi connectivity index (χ3n) is 7.52. The highest BCUT2D eigenvalue weighted by atomic mass is 19.3. The van der Waals surface area contributed by atoms with E-state index in [2.05, 4.69) is 0 Å². The van der Waals surface area contributed by atoms with Gasteiger partial charge >= 0.3 is 5.92 Å². The summed E-state index contributed by atoms with van der Waals surface area (Å²) in [6, 6.07) is 4.93. The monoisotopic (exact) mass is 508 g/mol. The zero-order valence-corrected chi connectivity index (χ0v) is 20.8. The minimum absolute atomic E-state index is 0.0331. The van der Waals surface area contributed by atoms with Crippen LogP contribution >= 0.6 is 0 Å². The van der Waals surface area contributed by atoms with Crippen LogP contribution in [0.15, 0.2) is 24.3 Å². The number of halogens is 3. The number of hydrogen-bond acceptors (Lipinski definition) is 4. The minimum atomic E-state index is -3.32. The molecule has 0 radical (unpaired) electrons. The number of ether oxygens (including phenoxy) is 2. The van der Waals surface area contributed by atoms with Crippen molar-refractivity contribution in [2.45, 2.75) is 51.4 Å². The molecule has 9 heteroatoms. The van der Waals surface area contributed by atoms with E-state index in [0.717, 1.165) is 24.0 Å². The van der Waals surface area contributed by atoms with Gasteiger partial charge in [-0.1, -0.05) is 19.1 Å². The average molecular weight is 509 g/mol. The number of benzene rings is 1. The van der Waals surface area contributed by atoms with E-state index >= 15 is 0 Å². The van der Waals surface area contributed by atoms with Crippen LogP contribution in [-0.4, -0.2) is 73.5 Å². The molecule has 4 rings (SSSR count). The Balaban J connectivity index is 1.26. The van der Waals surface area contributed by atoms with Gasteiger partial charge in [-0.15, -0.1) is 0 Å². The molecule has 1 atom stereocenters. The number of hydrogen-bond donors (Lipinski definition) is 0. The van der Waals surface area contributed by atoms with Crippen LogP contribution < -0.4 is 4.74 Å². The van der Waals surface area contributed by atoms with Crippen LogP contribution in [0.2, 0.25) is 0 Å². The van der Waals surface area contributed by atoms with Gasteiger partial charge in [0.05, 0.1) is 19.8 Å². The van der Waals surface area contributed by atoms with E-state index in [0.29, 0.717) is 45.6 Å². The summed E-state index contributed by atoms with van der Waals surface area (Å²) in [7, 11) is 0. The number of morpholine rings is 1. The predicted octanol–water partition coefficient (Wildman–Crippen LogP) is 4.53. The number of nitrogens with zero attached hydrogens (tertiary/aromatic N) is 2.